The lowest BCUT2D eigenvalue weighted by molar-refractivity contribution is 0.831. The Kier molecular flexibility index (Phi) is 5.03. The van der Waals surface area contributed by atoms with Crippen molar-refractivity contribution >= 4 is 21.6 Å². The van der Waals surface area contributed by atoms with Gasteiger partial charge in [0.05, 0.1) is 0 Å². The third-order valence-corrected chi connectivity index (χ3v) is 4.04. The van der Waals surface area contributed by atoms with Gasteiger partial charge >= 0.3 is 0 Å². The first-order valence-electron chi connectivity index (χ1n) is 6.69. The molecule has 2 heteroatoms. The molecular formula is C17H20BrN. The third-order valence-electron chi connectivity index (χ3n) is 3.43. The van der Waals surface area contributed by atoms with Crippen molar-refractivity contribution in [2.24, 2.45) is 0 Å². The van der Waals surface area contributed by atoms with Gasteiger partial charge in [0, 0.05) is 24.1 Å². The van der Waals surface area contributed by atoms with Crippen molar-refractivity contribution in [1.82, 2.24) is 0 Å². The topological polar surface area (TPSA) is 3.24 Å². The van der Waals surface area contributed by atoms with E-state index in [1.165, 1.54) is 22.4 Å². The van der Waals surface area contributed by atoms with E-state index in [9.17, 15) is 0 Å². The lowest BCUT2D eigenvalue weighted by Crippen LogP contribution is -2.22. The number of anilines is 1. The number of nitrogens with zero attached hydrogens (tertiary/aromatic N) is 1. The van der Waals surface area contributed by atoms with Gasteiger partial charge in [-0.3, -0.25) is 0 Å². The van der Waals surface area contributed by atoms with Crippen LogP contribution in [-0.2, 0) is 11.9 Å². The van der Waals surface area contributed by atoms with Crippen LogP contribution in [0.2, 0.25) is 0 Å². The maximum absolute atomic E-state index is 3.53. The maximum Gasteiger partial charge on any atom is 0.0429 e. The molecule has 1 nitrogen and oxygen atoms in total. The Morgan fingerprint density at radius 2 is 1.79 bits per heavy atom. The Morgan fingerprint density at radius 3 is 2.37 bits per heavy atom. The summed E-state index contributed by atoms with van der Waals surface area (Å²) in [6, 6.07) is 17.3. The van der Waals surface area contributed by atoms with E-state index in [1.807, 2.05) is 0 Å². The van der Waals surface area contributed by atoms with E-state index in [2.05, 4.69) is 83.2 Å². The van der Waals surface area contributed by atoms with Crippen LogP contribution in [-0.4, -0.2) is 6.54 Å². The molecule has 0 bridgehead atoms. The highest BCUT2D eigenvalue weighted by molar-refractivity contribution is 9.08. The van der Waals surface area contributed by atoms with E-state index < -0.39 is 0 Å². The summed E-state index contributed by atoms with van der Waals surface area (Å²) in [5.41, 5.74) is 5.36. The molecule has 2 aromatic carbocycles. The van der Waals surface area contributed by atoms with E-state index in [0.717, 1.165) is 18.4 Å². The summed E-state index contributed by atoms with van der Waals surface area (Å²) in [4.78, 5) is 2.40. The molecule has 0 amide bonds. The average molecular weight is 318 g/mol. The van der Waals surface area contributed by atoms with E-state index in [0.29, 0.717) is 0 Å². The molecule has 0 fully saturated rings. The first-order chi connectivity index (χ1) is 9.24. The Morgan fingerprint density at radius 1 is 1.05 bits per heavy atom. The van der Waals surface area contributed by atoms with E-state index in [4.69, 9.17) is 0 Å². The van der Waals surface area contributed by atoms with Crippen LogP contribution in [0.5, 0.6) is 0 Å². The zero-order valence-corrected chi connectivity index (χ0v) is 13.2. The Bertz CT molecular complexity index is 522. The van der Waals surface area contributed by atoms with Crippen LogP contribution in [0.1, 0.15) is 23.6 Å². The number of alkyl halides is 1. The molecule has 0 unspecified atom stereocenters. The summed E-state index contributed by atoms with van der Waals surface area (Å²) in [6.45, 7) is 6.36. The van der Waals surface area contributed by atoms with E-state index in [-0.39, 0.29) is 0 Å². The second kappa shape index (κ2) is 6.76. The summed E-state index contributed by atoms with van der Waals surface area (Å²) in [5, 5.41) is 0.921. The normalized spacial score (nSPS) is 10.5. The third kappa shape index (κ3) is 3.60. The van der Waals surface area contributed by atoms with Crippen LogP contribution in [0.4, 0.5) is 5.69 Å². The Balaban J connectivity index is 2.20. The van der Waals surface area contributed by atoms with Gasteiger partial charge in [0.25, 0.3) is 0 Å². The lowest BCUT2D eigenvalue weighted by atomic mass is 10.1. The van der Waals surface area contributed by atoms with Crippen molar-refractivity contribution in [3.8, 4) is 0 Å². The molecule has 0 saturated carbocycles. The van der Waals surface area contributed by atoms with Crippen molar-refractivity contribution in [1.29, 1.82) is 0 Å². The molecule has 0 radical (unpaired) electrons. The standard InChI is InChI=1S/C17H20BrN/c1-3-19(13-15-7-5-4-6-8-15)17-10-9-16(12-18)14(2)11-17/h4-11H,3,12-13H2,1-2H3. The zero-order chi connectivity index (χ0) is 13.7. The van der Waals surface area contributed by atoms with Gasteiger partial charge in [0.15, 0.2) is 0 Å². The molecule has 0 aliphatic heterocycles. The minimum atomic E-state index is 0.921. The predicted octanol–water partition coefficient (Wildman–Crippen LogP) is 4.92. The summed E-state index contributed by atoms with van der Waals surface area (Å²) < 4.78 is 0. The monoisotopic (exact) mass is 317 g/mol. The number of aryl methyl sites for hydroxylation is 1. The van der Waals surface area contributed by atoms with Crippen LogP contribution < -0.4 is 4.90 Å². The van der Waals surface area contributed by atoms with Crippen molar-refractivity contribution in [2.45, 2.75) is 25.7 Å². The van der Waals surface area contributed by atoms with E-state index >= 15 is 0 Å². The fourth-order valence-corrected chi connectivity index (χ4v) is 2.85. The fraction of sp³-hybridized carbons (Fsp3) is 0.294. The van der Waals surface area contributed by atoms with Crippen LogP contribution in [0.15, 0.2) is 48.5 Å². The molecule has 100 valence electrons. The van der Waals surface area contributed by atoms with Gasteiger partial charge in [-0.05, 0) is 42.7 Å². The quantitative estimate of drug-likeness (QED) is 0.708. The number of rotatable bonds is 5. The predicted molar refractivity (Wildman–Crippen MR) is 87.0 cm³/mol. The second-order valence-electron chi connectivity index (χ2n) is 4.74. The molecule has 0 aromatic heterocycles. The number of halogens is 1. The highest BCUT2D eigenvalue weighted by Crippen LogP contribution is 2.22. The molecule has 0 N–H and O–H groups in total. The highest BCUT2D eigenvalue weighted by Gasteiger charge is 2.07. The molecule has 0 heterocycles. The number of hydrogen-bond donors (Lipinski definition) is 0. The number of hydrogen-bond acceptors (Lipinski definition) is 1. The molecule has 0 aliphatic rings. The molecule has 19 heavy (non-hydrogen) atoms. The maximum atomic E-state index is 3.53. The summed E-state index contributed by atoms with van der Waals surface area (Å²) >= 11 is 3.53. The van der Waals surface area contributed by atoms with E-state index in [1.54, 1.807) is 0 Å². The summed E-state index contributed by atoms with van der Waals surface area (Å²) in [7, 11) is 0. The molecule has 0 spiro atoms. The molecule has 2 rings (SSSR count). The van der Waals surface area contributed by atoms with Crippen molar-refractivity contribution in [2.75, 3.05) is 11.4 Å². The van der Waals surface area contributed by atoms with Gasteiger partial charge < -0.3 is 4.90 Å². The molecule has 0 saturated heterocycles. The first-order valence-corrected chi connectivity index (χ1v) is 7.81. The van der Waals surface area contributed by atoms with Crippen molar-refractivity contribution in [3.63, 3.8) is 0 Å². The summed E-state index contributed by atoms with van der Waals surface area (Å²) in [5.74, 6) is 0. The Hall–Kier alpha value is -1.28. The smallest absolute Gasteiger partial charge is 0.0429 e. The SMILES string of the molecule is CCN(Cc1ccccc1)c1ccc(CBr)c(C)c1. The highest BCUT2D eigenvalue weighted by atomic mass is 79.9. The van der Waals surface area contributed by atoms with Crippen LogP contribution in [0.3, 0.4) is 0 Å². The van der Waals surface area contributed by atoms with Gasteiger partial charge in [-0.2, -0.15) is 0 Å². The first kappa shape index (κ1) is 14.1. The minimum Gasteiger partial charge on any atom is -0.367 e. The molecule has 0 aliphatic carbocycles. The van der Waals surface area contributed by atoms with Crippen LogP contribution in [0.25, 0.3) is 0 Å². The molecular weight excluding hydrogens is 298 g/mol. The van der Waals surface area contributed by atoms with Crippen LogP contribution in [0, 0.1) is 6.92 Å². The van der Waals surface area contributed by atoms with Crippen LogP contribution >= 0.6 is 15.9 Å². The van der Waals surface area contributed by atoms with Gasteiger partial charge in [0.2, 0.25) is 0 Å². The van der Waals surface area contributed by atoms with Gasteiger partial charge in [-0.25, -0.2) is 0 Å². The largest absolute Gasteiger partial charge is 0.367 e. The minimum absolute atomic E-state index is 0.921. The second-order valence-corrected chi connectivity index (χ2v) is 5.30. The molecule has 0 atom stereocenters. The Labute approximate surface area is 124 Å². The zero-order valence-electron chi connectivity index (χ0n) is 11.6. The number of benzene rings is 2. The molecule has 2 aromatic rings. The van der Waals surface area contributed by atoms with Gasteiger partial charge in [-0.1, -0.05) is 52.3 Å². The fourth-order valence-electron chi connectivity index (χ4n) is 2.22. The van der Waals surface area contributed by atoms with Crippen molar-refractivity contribution in [3.05, 3.63) is 65.2 Å². The summed E-state index contributed by atoms with van der Waals surface area (Å²) in [6.07, 6.45) is 0. The van der Waals surface area contributed by atoms with Gasteiger partial charge in [-0.15, -0.1) is 0 Å². The van der Waals surface area contributed by atoms with Crippen molar-refractivity contribution < 1.29 is 0 Å². The van der Waals surface area contributed by atoms with Gasteiger partial charge in [0.1, 0.15) is 0 Å². The lowest BCUT2D eigenvalue weighted by Gasteiger charge is -2.24. The average Bonchev–Trinajstić information content (AvgIpc) is 2.46.